The predicted octanol–water partition coefficient (Wildman–Crippen LogP) is 20.9. The molecule has 4 heterocycles. The third-order valence-electron chi connectivity index (χ3n) is 14.0. The van der Waals surface area contributed by atoms with Crippen LogP contribution in [0.3, 0.4) is 0 Å². The quantitative estimate of drug-likeness (QED) is 0.157. The molecule has 0 spiro atoms. The average molecular weight is 963 g/mol. The first kappa shape index (κ1) is 40.1. The molecule has 6 heteroatoms. The van der Waals surface area contributed by atoms with Crippen LogP contribution in [-0.2, 0) is 0 Å². The summed E-state index contributed by atoms with van der Waals surface area (Å²) in [7, 11) is 0. The standard InChI is InChI=1S/C64H38N2S4/c1-2-18-45-39(14-1)30-33-53-50-35-31-42(37-61(50)70-62(45)53)65(55-25-12-22-51-47-20-5-9-28-58(47)68-63(51)55)41-16-11-15-40(36-41)44-17-3-7-24-54(44)66(43-32-34-49-46-19-4-8-27-57(46)67-60(49)38-43)56-26-13-23-52-48-21-6-10-29-59(48)69-64(52)56/h1-38H. The van der Waals surface area contributed by atoms with Gasteiger partial charge in [0.1, 0.15) is 0 Å². The Labute approximate surface area is 419 Å². The van der Waals surface area contributed by atoms with Crippen molar-refractivity contribution in [1.82, 2.24) is 0 Å². The summed E-state index contributed by atoms with van der Waals surface area (Å²) in [4.78, 5) is 5.01. The molecule has 0 bridgehead atoms. The minimum Gasteiger partial charge on any atom is -0.309 e. The zero-order valence-corrected chi connectivity index (χ0v) is 40.7. The molecule has 4 aromatic heterocycles. The number of anilines is 6. The van der Waals surface area contributed by atoms with Crippen LogP contribution in [0.2, 0.25) is 0 Å². The molecule has 328 valence electrons. The van der Waals surface area contributed by atoms with Crippen molar-refractivity contribution in [3.63, 3.8) is 0 Å². The van der Waals surface area contributed by atoms with E-state index in [2.05, 4.69) is 240 Å². The summed E-state index contributed by atoms with van der Waals surface area (Å²) in [5, 5.41) is 12.9. The van der Waals surface area contributed by atoms with Gasteiger partial charge < -0.3 is 9.80 Å². The summed E-state index contributed by atoms with van der Waals surface area (Å²) in [5.41, 5.74) is 9.15. The van der Waals surface area contributed by atoms with Gasteiger partial charge in [-0.05, 0) is 89.1 Å². The Morgan fingerprint density at radius 1 is 0.243 bits per heavy atom. The van der Waals surface area contributed by atoms with E-state index in [1.807, 2.05) is 45.3 Å². The third kappa shape index (κ3) is 6.21. The van der Waals surface area contributed by atoms with E-state index in [9.17, 15) is 0 Å². The molecule has 11 aromatic carbocycles. The number of nitrogens with zero attached hydrogens (tertiary/aromatic N) is 2. The maximum absolute atomic E-state index is 2.51. The topological polar surface area (TPSA) is 6.48 Å². The summed E-state index contributed by atoms with van der Waals surface area (Å²) >= 11 is 7.52. The van der Waals surface area contributed by atoms with Gasteiger partial charge in [-0.15, -0.1) is 45.3 Å². The molecule has 0 amide bonds. The van der Waals surface area contributed by atoms with Crippen molar-refractivity contribution in [2.24, 2.45) is 0 Å². The Kier molecular flexibility index (Phi) is 9.08. The first-order valence-electron chi connectivity index (χ1n) is 23.6. The highest BCUT2D eigenvalue weighted by molar-refractivity contribution is 7.27. The van der Waals surface area contributed by atoms with Gasteiger partial charge in [0.25, 0.3) is 0 Å². The molecule has 0 aliphatic heterocycles. The molecule has 15 rings (SSSR count). The molecule has 0 radical (unpaired) electrons. The van der Waals surface area contributed by atoms with Crippen molar-refractivity contribution in [1.29, 1.82) is 0 Å². The van der Waals surface area contributed by atoms with Gasteiger partial charge in [0.15, 0.2) is 0 Å². The number of hydrogen-bond acceptors (Lipinski definition) is 6. The largest absolute Gasteiger partial charge is 0.309 e. The second kappa shape index (κ2) is 15.9. The fraction of sp³-hybridized carbons (Fsp3) is 0. The molecule has 0 fully saturated rings. The van der Waals surface area contributed by atoms with Gasteiger partial charge in [-0.3, -0.25) is 0 Å². The highest BCUT2D eigenvalue weighted by Gasteiger charge is 2.24. The van der Waals surface area contributed by atoms with Crippen LogP contribution in [0.1, 0.15) is 0 Å². The molecular weight excluding hydrogens is 925 g/mol. The van der Waals surface area contributed by atoms with Crippen LogP contribution in [-0.4, -0.2) is 0 Å². The molecule has 15 aromatic rings. The van der Waals surface area contributed by atoms with Crippen molar-refractivity contribution < 1.29 is 0 Å². The zero-order valence-electron chi connectivity index (χ0n) is 37.5. The third-order valence-corrected chi connectivity index (χ3v) is 18.8. The molecule has 0 unspecified atom stereocenters. The van der Waals surface area contributed by atoms with Crippen LogP contribution in [0.25, 0.3) is 103 Å². The molecule has 0 N–H and O–H groups in total. The molecule has 2 nitrogen and oxygen atoms in total. The monoisotopic (exact) mass is 962 g/mol. The van der Waals surface area contributed by atoms with E-state index in [1.54, 1.807) is 0 Å². The Balaban J connectivity index is 0.946. The maximum atomic E-state index is 2.51. The lowest BCUT2D eigenvalue weighted by Crippen LogP contribution is -2.12. The van der Waals surface area contributed by atoms with E-state index in [0.29, 0.717) is 0 Å². The summed E-state index contributed by atoms with van der Waals surface area (Å²) < 4.78 is 10.3. The fourth-order valence-corrected chi connectivity index (χ4v) is 15.7. The van der Waals surface area contributed by atoms with Crippen molar-refractivity contribution in [2.75, 3.05) is 9.80 Å². The van der Waals surface area contributed by atoms with Gasteiger partial charge in [0.05, 0.1) is 26.5 Å². The van der Waals surface area contributed by atoms with Gasteiger partial charge in [-0.2, -0.15) is 0 Å². The smallest absolute Gasteiger partial charge is 0.0640 e. The lowest BCUT2D eigenvalue weighted by molar-refractivity contribution is 1.30. The van der Waals surface area contributed by atoms with E-state index in [4.69, 9.17) is 0 Å². The Morgan fingerprint density at radius 3 is 1.40 bits per heavy atom. The van der Waals surface area contributed by atoms with Gasteiger partial charge in [0.2, 0.25) is 0 Å². The molecule has 0 saturated heterocycles. The summed E-state index contributed by atoms with van der Waals surface area (Å²) in [5.74, 6) is 0. The molecule has 0 aliphatic carbocycles. The Bertz CT molecular complexity index is 4590. The summed E-state index contributed by atoms with van der Waals surface area (Å²) in [6, 6.07) is 85.7. The van der Waals surface area contributed by atoms with Crippen molar-refractivity contribution >= 4 is 171 Å². The number of rotatable bonds is 7. The lowest BCUT2D eigenvalue weighted by Gasteiger charge is -2.29. The van der Waals surface area contributed by atoms with Crippen molar-refractivity contribution in [3.05, 3.63) is 231 Å². The molecular formula is C64H38N2S4. The normalized spacial score (nSPS) is 12.0. The highest BCUT2D eigenvalue weighted by atomic mass is 32.1. The molecule has 70 heavy (non-hydrogen) atoms. The Morgan fingerprint density at radius 2 is 0.686 bits per heavy atom. The van der Waals surface area contributed by atoms with E-state index in [-0.39, 0.29) is 0 Å². The second-order valence-corrected chi connectivity index (χ2v) is 22.2. The number of hydrogen-bond donors (Lipinski definition) is 0. The fourth-order valence-electron chi connectivity index (χ4n) is 10.9. The van der Waals surface area contributed by atoms with E-state index < -0.39 is 0 Å². The number of para-hydroxylation sites is 1. The lowest BCUT2D eigenvalue weighted by atomic mass is 10.00. The highest BCUT2D eigenvalue weighted by Crippen LogP contribution is 2.51. The first-order valence-corrected chi connectivity index (χ1v) is 26.8. The molecule has 0 saturated carbocycles. The zero-order chi connectivity index (χ0) is 45.9. The minimum absolute atomic E-state index is 1.10. The molecule has 0 aliphatic rings. The van der Waals surface area contributed by atoms with Crippen LogP contribution >= 0.6 is 45.3 Å². The van der Waals surface area contributed by atoms with Gasteiger partial charge in [-0.1, -0.05) is 158 Å². The summed E-state index contributed by atoms with van der Waals surface area (Å²) in [6.45, 7) is 0. The van der Waals surface area contributed by atoms with Crippen molar-refractivity contribution in [2.45, 2.75) is 0 Å². The number of benzene rings is 11. The number of thiophene rings is 4. The SMILES string of the molecule is c1cc(-c2ccccc2N(c2ccc3c(c2)sc2ccccc23)c2cccc3c2sc2ccccc23)cc(N(c2ccc3c(c2)sc2c4ccccc4ccc32)c2cccc3c2sc2ccccc23)c1. The van der Waals surface area contributed by atoms with E-state index >= 15 is 0 Å². The van der Waals surface area contributed by atoms with Crippen LogP contribution < -0.4 is 9.80 Å². The van der Waals surface area contributed by atoms with Gasteiger partial charge in [0, 0.05) is 93.9 Å². The van der Waals surface area contributed by atoms with E-state index in [0.717, 1.165) is 33.9 Å². The van der Waals surface area contributed by atoms with Crippen molar-refractivity contribution in [3.8, 4) is 11.1 Å². The maximum Gasteiger partial charge on any atom is 0.0640 e. The Hall–Kier alpha value is -7.84. The summed E-state index contributed by atoms with van der Waals surface area (Å²) in [6.07, 6.45) is 0. The average Bonchev–Trinajstić information content (AvgIpc) is 4.20. The van der Waals surface area contributed by atoms with Crippen LogP contribution in [0, 0.1) is 0 Å². The van der Waals surface area contributed by atoms with Gasteiger partial charge >= 0.3 is 0 Å². The van der Waals surface area contributed by atoms with Gasteiger partial charge in [-0.25, -0.2) is 0 Å². The van der Waals surface area contributed by atoms with E-state index in [1.165, 1.54) is 103 Å². The number of fused-ring (bicyclic) bond motifs is 14. The first-order chi connectivity index (χ1) is 34.7. The van der Waals surface area contributed by atoms with Crippen LogP contribution in [0.5, 0.6) is 0 Å². The minimum atomic E-state index is 1.10. The van der Waals surface area contributed by atoms with Crippen LogP contribution in [0.4, 0.5) is 34.1 Å². The predicted molar refractivity (Wildman–Crippen MR) is 310 cm³/mol. The second-order valence-electron chi connectivity index (χ2n) is 18.0. The molecule has 0 atom stereocenters. The van der Waals surface area contributed by atoms with Crippen LogP contribution in [0.15, 0.2) is 231 Å².